The third-order valence-electron chi connectivity index (χ3n) is 4.25. The van der Waals surface area contributed by atoms with Gasteiger partial charge in [0.25, 0.3) is 0 Å². The van der Waals surface area contributed by atoms with E-state index < -0.39 is 10.0 Å². The fourth-order valence-electron chi connectivity index (χ4n) is 2.81. The Morgan fingerprint density at radius 2 is 1.89 bits per heavy atom. The molecule has 0 radical (unpaired) electrons. The van der Waals surface area contributed by atoms with Crippen molar-refractivity contribution in [2.24, 2.45) is 0 Å². The van der Waals surface area contributed by atoms with Gasteiger partial charge in [0.05, 0.1) is 16.3 Å². The van der Waals surface area contributed by atoms with Crippen LogP contribution in [0.5, 0.6) is 11.5 Å². The summed E-state index contributed by atoms with van der Waals surface area (Å²) in [4.78, 5) is 12.6. The molecule has 0 unspecified atom stereocenters. The Morgan fingerprint density at radius 3 is 2.61 bits per heavy atom. The van der Waals surface area contributed by atoms with Crippen molar-refractivity contribution < 1.29 is 22.7 Å². The average molecular weight is 425 g/mol. The summed E-state index contributed by atoms with van der Waals surface area (Å²) in [6, 6.07) is 8.16. The van der Waals surface area contributed by atoms with Crippen LogP contribution in [-0.2, 0) is 21.2 Å². The minimum atomic E-state index is -3.61. The number of nitrogens with zero attached hydrogens (tertiary/aromatic N) is 1. The lowest BCUT2D eigenvalue weighted by Gasteiger charge is -2.20. The molecule has 0 fully saturated rings. The molecule has 3 rings (SSSR count). The van der Waals surface area contributed by atoms with Crippen LogP contribution in [0.3, 0.4) is 0 Å². The molecule has 0 aromatic heterocycles. The minimum Gasteiger partial charge on any atom is -0.486 e. The molecule has 1 amide bonds. The minimum absolute atomic E-state index is 0.0556. The number of amides is 1. The molecule has 0 saturated carbocycles. The van der Waals surface area contributed by atoms with Gasteiger partial charge < -0.3 is 14.8 Å². The fraction of sp³-hybridized carbons (Fsp3) is 0.316. The highest BCUT2D eigenvalue weighted by atomic mass is 35.5. The van der Waals surface area contributed by atoms with Crippen LogP contribution in [0.25, 0.3) is 0 Å². The molecule has 1 heterocycles. The lowest BCUT2D eigenvalue weighted by atomic mass is 10.1. The molecule has 1 aliphatic heterocycles. The molecule has 2 aromatic rings. The maximum Gasteiger partial charge on any atom is 0.242 e. The zero-order chi connectivity index (χ0) is 20.5. The van der Waals surface area contributed by atoms with Crippen molar-refractivity contribution in [3.8, 4) is 11.5 Å². The Bertz CT molecular complexity index is 1020. The van der Waals surface area contributed by atoms with Crippen LogP contribution in [0.1, 0.15) is 11.1 Å². The third kappa shape index (κ3) is 4.24. The number of sulfonamides is 1. The predicted octanol–water partition coefficient (Wildman–Crippen LogP) is 2.85. The highest BCUT2D eigenvalue weighted by Crippen LogP contribution is 2.38. The Labute approximate surface area is 169 Å². The Hall–Kier alpha value is -2.29. The lowest BCUT2D eigenvalue weighted by molar-refractivity contribution is -0.115. The fourth-order valence-corrected chi connectivity index (χ4v) is 4.24. The number of fused-ring (bicyclic) bond motifs is 1. The van der Waals surface area contributed by atoms with Gasteiger partial charge in [-0.3, -0.25) is 4.79 Å². The summed E-state index contributed by atoms with van der Waals surface area (Å²) < 4.78 is 37.0. The molecule has 1 aliphatic rings. The van der Waals surface area contributed by atoms with E-state index >= 15 is 0 Å². The molecule has 0 bridgehead atoms. The van der Waals surface area contributed by atoms with Crippen LogP contribution in [0, 0.1) is 6.92 Å². The first-order valence-electron chi connectivity index (χ1n) is 8.59. The summed E-state index contributed by atoms with van der Waals surface area (Å²) in [5.74, 6) is 0.690. The van der Waals surface area contributed by atoms with Gasteiger partial charge in [-0.15, -0.1) is 0 Å². The summed E-state index contributed by atoms with van der Waals surface area (Å²) in [6.45, 7) is 2.56. The number of hydrogen-bond donors (Lipinski definition) is 1. The molecular formula is C19H21ClN2O5S. The standard InChI is InChI=1S/C19H21ClN2O5S/c1-12-4-5-14(11-17(12)28(24,25)22(2)3)21-18(23)10-13-8-15(20)19-16(9-13)26-6-7-27-19/h4-5,8-9,11H,6-7,10H2,1-3H3,(H,21,23). The summed E-state index contributed by atoms with van der Waals surface area (Å²) in [7, 11) is -0.679. The first-order chi connectivity index (χ1) is 13.2. The molecule has 2 aromatic carbocycles. The van der Waals surface area contributed by atoms with Crippen LogP contribution in [0.15, 0.2) is 35.2 Å². The smallest absolute Gasteiger partial charge is 0.242 e. The van der Waals surface area contributed by atoms with Crippen molar-refractivity contribution in [3.05, 3.63) is 46.5 Å². The van der Waals surface area contributed by atoms with Crippen LogP contribution < -0.4 is 14.8 Å². The number of benzene rings is 2. The predicted molar refractivity (Wildman–Crippen MR) is 107 cm³/mol. The molecule has 1 N–H and O–H groups in total. The quantitative estimate of drug-likeness (QED) is 0.797. The molecule has 9 heteroatoms. The van der Waals surface area contributed by atoms with Gasteiger partial charge in [0.15, 0.2) is 11.5 Å². The van der Waals surface area contributed by atoms with Gasteiger partial charge in [-0.25, -0.2) is 12.7 Å². The molecular weight excluding hydrogens is 404 g/mol. The number of carbonyl (C=O) groups is 1. The van der Waals surface area contributed by atoms with E-state index in [1.165, 1.54) is 20.2 Å². The second-order valence-corrected chi connectivity index (χ2v) is 9.12. The molecule has 0 atom stereocenters. The molecule has 0 saturated heterocycles. The van der Waals surface area contributed by atoms with E-state index in [0.29, 0.717) is 46.5 Å². The molecule has 150 valence electrons. The molecule has 0 spiro atoms. The van der Waals surface area contributed by atoms with Crippen molar-refractivity contribution in [1.29, 1.82) is 0 Å². The number of hydrogen-bond acceptors (Lipinski definition) is 5. The van der Waals surface area contributed by atoms with Gasteiger partial charge in [0.2, 0.25) is 15.9 Å². The number of carbonyl (C=O) groups excluding carboxylic acids is 1. The number of nitrogens with one attached hydrogen (secondary N) is 1. The van der Waals surface area contributed by atoms with E-state index in [-0.39, 0.29) is 17.2 Å². The number of rotatable bonds is 5. The van der Waals surface area contributed by atoms with Crippen molar-refractivity contribution >= 4 is 33.2 Å². The maximum absolute atomic E-state index is 12.5. The van der Waals surface area contributed by atoms with Gasteiger partial charge in [-0.05, 0) is 42.3 Å². The van der Waals surface area contributed by atoms with Crippen molar-refractivity contribution in [1.82, 2.24) is 4.31 Å². The van der Waals surface area contributed by atoms with Crippen molar-refractivity contribution in [3.63, 3.8) is 0 Å². The van der Waals surface area contributed by atoms with Gasteiger partial charge in [-0.1, -0.05) is 17.7 Å². The van der Waals surface area contributed by atoms with Crippen LogP contribution >= 0.6 is 11.6 Å². The first-order valence-corrected chi connectivity index (χ1v) is 10.4. The highest BCUT2D eigenvalue weighted by molar-refractivity contribution is 7.89. The molecule has 0 aliphatic carbocycles. The van der Waals surface area contributed by atoms with Crippen LogP contribution in [0.4, 0.5) is 5.69 Å². The van der Waals surface area contributed by atoms with Crippen molar-refractivity contribution in [2.45, 2.75) is 18.2 Å². The number of halogens is 1. The highest BCUT2D eigenvalue weighted by Gasteiger charge is 2.21. The van der Waals surface area contributed by atoms with E-state index in [1.54, 1.807) is 31.2 Å². The second-order valence-electron chi connectivity index (χ2n) is 6.59. The average Bonchev–Trinajstić information content (AvgIpc) is 2.63. The van der Waals surface area contributed by atoms with E-state index in [0.717, 1.165) is 4.31 Å². The van der Waals surface area contributed by atoms with Gasteiger partial charge in [0.1, 0.15) is 13.2 Å². The van der Waals surface area contributed by atoms with Crippen LogP contribution in [0.2, 0.25) is 5.02 Å². The first kappa shape index (κ1) is 20.4. The summed E-state index contributed by atoms with van der Waals surface area (Å²) in [5, 5.41) is 3.12. The Balaban J connectivity index is 1.78. The molecule has 7 nitrogen and oxygen atoms in total. The normalized spacial score (nSPS) is 13.5. The Kier molecular flexibility index (Phi) is 5.83. The van der Waals surface area contributed by atoms with E-state index in [9.17, 15) is 13.2 Å². The van der Waals surface area contributed by atoms with Gasteiger partial charge in [0, 0.05) is 19.8 Å². The topological polar surface area (TPSA) is 84.9 Å². The van der Waals surface area contributed by atoms with Gasteiger partial charge >= 0.3 is 0 Å². The van der Waals surface area contributed by atoms with E-state index in [2.05, 4.69) is 5.32 Å². The number of ether oxygens (including phenoxy) is 2. The van der Waals surface area contributed by atoms with E-state index in [4.69, 9.17) is 21.1 Å². The summed E-state index contributed by atoms with van der Waals surface area (Å²) in [5.41, 5.74) is 1.67. The SMILES string of the molecule is Cc1ccc(NC(=O)Cc2cc(Cl)c3c(c2)OCCO3)cc1S(=O)(=O)N(C)C. The molecule has 28 heavy (non-hydrogen) atoms. The Morgan fingerprint density at radius 1 is 1.18 bits per heavy atom. The maximum atomic E-state index is 12.5. The monoisotopic (exact) mass is 424 g/mol. The lowest BCUT2D eigenvalue weighted by Crippen LogP contribution is -2.23. The zero-order valence-corrected chi connectivity index (χ0v) is 17.4. The number of aryl methyl sites for hydroxylation is 1. The summed E-state index contributed by atoms with van der Waals surface area (Å²) >= 11 is 6.20. The van der Waals surface area contributed by atoms with Gasteiger partial charge in [-0.2, -0.15) is 0 Å². The number of anilines is 1. The van der Waals surface area contributed by atoms with E-state index in [1.807, 2.05) is 0 Å². The zero-order valence-electron chi connectivity index (χ0n) is 15.8. The summed E-state index contributed by atoms with van der Waals surface area (Å²) in [6.07, 6.45) is 0.0556. The largest absolute Gasteiger partial charge is 0.486 e. The van der Waals surface area contributed by atoms with Crippen LogP contribution in [-0.4, -0.2) is 45.9 Å². The van der Waals surface area contributed by atoms with Crippen molar-refractivity contribution in [2.75, 3.05) is 32.6 Å². The second kappa shape index (κ2) is 7.98. The third-order valence-corrected chi connectivity index (χ3v) is 6.49.